The van der Waals surface area contributed by atoms with Crippen LogP contribution in [0.4, 0.5) is 0 Å². The summed E-state index contributed by atoms with van der Waals surface area (Å²) in [6.07, 6.45) is 4.02. The number of aromatic nitrogens is 2. The van der Waals surface area contributed by atoms with Gasteiger partial charge in [0.15, 0.2) is 0 Å². The fourth-order valence-electron chi connectivity index (χ4n) is 3.90. The standard InChI is InChI=1S/C23H25ClN4O/c1-26(2)23(29)21-9-6-14-27(21)15-18-16-28(20-7-4-3-5-8-20)25-22(18)17-10-12-19(24)13-11-17/h3-5,7-8,10-13,16,21H,6,9,14-15H2,1-2H3. The Morgan fingerprint density at radius 2 is 1.86 bits per heavy atom. The number of carbonyl (C=O) groups is 1. The number of likely N-dealkylation sites (tertiary alicyclic amines) is 1. The molecule has 2 heterocycles. The van der Waals surface area contributed by atoms with Crippen molar-refractivity contribution in [3.05, 3.63) is 71.4 Å². The molecule has 1 saturated heterocycles. The average molecular weight is 409 g/mol. The summed E-state index contributed by atoms with van der Waals surface area (Å²) < 4.78 is 1.91. The number of halogens is 1. The van der Waals surface area contributed by atoms with Crippen molar-refractivity contribution in [3.63, 3.8) is 0 Å². The first-order chi connectivity index (χ1) is 14.0. The van der Waals surface area contributed by atoms with E-state index in [4.69, 9.17) is 16.7 Å². The fraction of sp³-hybridized carbons (Fsp3) is 0.304. The third-order valence-electron chi connectivity index (χ3n) is 5.39. The first-order valence-corrected chi connectivity index (χ1v) is 10.3. The maximum Gasteiger partial charge on any atom is 0.239 e. The summed E-state index contributed by atoms with van der Waals surface area (Å²) in [5, 5.41) is 5.58. The molecule has 1 unspecified atom stereocenters. The van der Waals surface area contributed by atoms with Crippen LogP contribution in [0.15, 0.2) is 60.8 Å². The van der Waals surface area contributed by atoms with Crippen LogP contribution >= 0.6 is 11.6 Å². The van der Waals surface area contributed by atoms with Gasteiger partial charge in [-0.2, -0.15) is 5.10 Å². The Morgan fingerprint density at radius 1 is 1.14 bits per heavy atom. The summed E-state index contributed by atoms with van der Waals surface area (Å²) in [6, 6.07) is 17.8. The molecule has 0 saturated carbocycles. The Bertz CT molecular complexity index is 982. The summed E-state index contributed by atoms with van der Waals surface area (Å²) in [5.41, 5.74) is 4.06. The van der Waals surface area contributed by atoms with Crippen LogP contribution in [-0.4, -0.2) is 52.2 Å². The summed E-state index contributed by atoms with van der Waals surface area (Å²) in [6.45, 7) is 1.61. The van der Waals surface area contributed by atoms with E-state index in [9.17, 15) is 4.79 Å². The van der Waals surface area contributed by atoms with Crippen LogP contribution in [-0.2, 0) is 11.3 Å². The lowest BCUT2D eigenvalue weighted by molar-refractivity contribution is -0.133. The van der Waals surface area contributed by atoms with Crippen molar-refractivity contribution in [1.82, 2.24) is 19.6 Å². The molecule has 1 aliphatic rings. The van der Waals surface area contributed by atoms with Crippen molar-refractivity contribution in [1.29, 1.82) is 0 Å². The maximum atomic E-state index is 12.6. The van der Waals surface area contributed by atoms with Crippen molar-refractivity contribution in [2.24, 2.45) is 0 Å². The monoisotopic (exact) mass is 408 g/mol. The number of hydrogen-bond donors (Lipinski definition) is 0. The lowest BCUT2D eigenvalue weighted by Gasteiger charge is -2.26. The minimum Gasteiger partial charge on any atom is -0.347 e. The molecular formula is C23H25ClN4O. The first kappa shape index (κ1) is 19.7. The van der Waals surface area contributed by atoms with Crippen LogP contribution in [0.3, 0.4) is 0 Å². The number of benzene rings is 2. The van der Waals surface area contributed by atoms with E-state index in [1.54, 1.807) is 4.90 Å². The largest absolute Gasteiger partial charge is 0.347 e. The lowest BCUT2D eigenvalue weighted by atomic mass is 10.1. The van der Waals surface area contributed by atoms with Gasteiger partial charge in [0.05, 0.1) is 17.4 Å². The predicted molar refractivity (Wildman–Crippen MR) is 116 cm³/mol. The number of amides is 1. The van der Waals surface area contributed by atoms with E-state index in [0.717, 1.165) is 41.9 Å². The van der Waals surface area contributed by atoms with Gasteiger partial charge in [-0.3, -0.25) is 9.69 Å². The van der Waals surface area contributed by atoms with Crippen molar-refractivity contribution < 1.29 is 4.79 Å². The molecule has 0 N–H and O–H groups in total. The second-order valence-electron chi connectivity index (χ2n) is 7.65. The Morgan fingerprint density at radius 3 is 2.55 bits per heavy atom. The summed E-state index contributed by atoms with van der Waals surface area (Å²) in [4.78, 5) is 16.6. The zero-order chi connectivity index (χ0) is 20.4. The molecule has 2 aromatic carbocycles. The second-order valence-corrected chi connectivity index (χ2v) is 8.09. The van der Waals surface area contributed by atoms with Crippen molar-refractivity contribution in [2.75, 3.05) is 20.6 Å². The van der Waals surface area contributed by atoms with E-state index in [-0.39, 0.29) is 11.9 Å². The normalized spacial score (nSPS) is 16.9. The SMILES string of the molecule is CN(C)C(=O)C1CCCN1Cc1cn(-c2ccccc2)nc1-c1ccc(Cl)cc1. The molecule has 1 aromatic heterocycles. The van der Waals surface area contributed by atoms with Gasteiger partial charge in [-0.1, -0.05) is 41.9 Å². The van der Waals surface area contributed by atoms with Crippen LogP contribution in [0, 0.1) is 0 Å². The van der Waals surface area contributed by atoms with Crippen LogP contribution in [0.2, 0.25) is 5.02 Å². The highest BCUT2D eigenvalue weighted by Gasteiger charge is 2.32. The van der Waals surface area contributed by atoms with Crippen LogP contribution < -0.4 is 0 Å². The van der Waals surface area contributed by atoms with Crippen molar-refractivity contribution >= 4 is 17.5 Å². The number of hydrogen-bond acceptors (Lipinski definition) is 3. The quantitative estimate of drug-likeness (QED) is 0.633. The lowest BCUT2D eigenvalue weighted by Crippen LogP contribution is -2.42. The first-order valence-electron chi connectivity index (χ1n) is 9.88. The van der Waals surface area contributed by atoms with Gasteiger partial charge < -0.3 is 4.90 Å². The molecule has 4 rings (SSSR count). The maximum absolute atomic E-state index is 12.6. The molecule has 150 valence electrons. The molecular weight excluding hydrogens is 384 g/mol. The molecule has 1 fully saturated rings. The van der Waals surface area contributed by atoms with E-state index in [1.807, 2.05) is 73.4 Å². The molecule has 0 bridgehead atoms. The number of carbonyl (C=O) groups excluding carboxylic acids is 1. The molecule has 6 heteroatoms. The smallest absolute Gasteiger partial charge is 0.239 e. The van der Waals surface area contributed by atoms with Gasteiger partial charge in [0.25, 0.3) is 0 Å². The highest BCUT2D eigenvalue weighted by molar-refractivity contribution is 6.30. The highest BCUT2D eigenvalue weighted by Crippen LogP contribution is 2.29. The molecule has 1 amide bonds. The van der Waals surface area contributed by atoms with Gasteiger partial charge in [-0.25, -0.2) is 4.68 Å². The van der Waals surface area contributed by atoms with E-state index < -0.39 is 0 Å². The van der Waals surface area contributed by atoms with Gasteiger partial charge in [0, 0.05) is 43.0 Å². The summed E-state index contributed by atoms with van der Waals surface area (Å²) in [5.74, 6) is 0.172. The Kier molecular flexibility index (Phi) is 5.69. The molecule has 5 nitrogen and oxygen atoms in total. The third-order valence-corrected chi connectivity index (χ3v) is 5.64. The molecule has 1 aliphatic heterocycles. The van der Waals surface area contributed by atoms with Crippen molar-refractivity contribution in [3.8, 4) is 16.9 Å². The molecule has 3 aromatic rings. The number of likely N-dealkylation sites (N-methyl/N-ethyl adjacent to an activating group) is 1. The third kappa shape index (κ3) is 4.21. The van der Waals surface area contributed by atoms with Crippen LogP contribution in [0.1, 0.15) is 18.4 Å². The molecule has 0 radical (unpaired) electrons. The summed E-state index contributed by atoms with van der Waals surface area (Å²) in [7, 11) is 3.65. The van der Waals surface area contributed by atoms with Crippen molar-refractivity contribution in [2.45, 2.75) is 25.4 Å². The molecule has 29 heavy (non-hydrogen) atoms. The number of rotatable bonds is 5. The van der Waals surface area contributed by atoms with Gasteiger partial charge in [0.2, 0.25) is 5.91 Å². The highest BCUT2D eigenvalue weighted by atomic mass is 35.5. The fourth-order valence-corrected chi connectivity index (χ4v) is 4.03. The van der Waals surface area contributed by atoms with E-state index >= 15 is 0 Å². The van der Waals surface area contributed by atoms with Crippen LogP contribution in [0.25, 0.3) is 16.9 Å². The minimum atomic E-state index is -0.0665. The van der Waals surface area contributed by atoms with E-state index in [2.05, 4.69) is 11.1 Å². The van der Waals surface area contributed by atoms with Gasteiger partial charge in [0.1, 0.15) is 0 Å². The molecule has 1 atom stereocenters. The van der Waals surface area contributed by atoms with Gasteiger partial charge in [-0.15, -0.1) is 0 Å². The zero-order valence-corrected chi connectivity index (χ0v) is 17.5. The Hall–Kier alpha value is -2.63. The van der Waals surface area contributed by atoms with Gasteiger partial charge in [-0.05, 0) is 43.7 Å². The van der Waals surface area contributed by atoms with E-state index in [1.165, 1.54) is 0 Å². The van der Waals surface area contributed by atoms with Gasteiger partial charge >= 0.3 is 0 Å². The molecule has 0 spiro atoms. The average Bonchev–Trinajstić information content (AvgIpc) is 3.36. The predicted octanol–water partition coefficient (Wildman–Crippen LogP) is 4.25. The Labute approximate surface area is 176 Å². The number of para-hydroxylation sites is 1. The minimum absolute atomic E-state index is 0.0665. The molecule has 0 aliphatic carbocycles. The zero-order valence-electron chi connectivity index (χ0n) is 16.8. The topological polar surface area (TPSA) is 41.4 Å². The van der Waals surface area contributed by atoms with E-state index in [0.29, 0.717) is 11.6 Å². The second kappa shape index (κ2) is 8.39. The summed E-state index contributed by atoms with van der Waals surface area (Å²) >= 11 is 6.09. The van der Waals surface area contributed by atoms with Crippen LogP contribution in [0.5, 0.6) is 0 Å². The Balaban J connectivity index is 1.70. The number of nitrogens with zero attached hydrogens (tertiary/aromatic N) is 4.